The fraction of sp³-hybridized carbons (Fsp3) is 0.750. The van der Waals surface area contributed by atoms with Crippen molar-refractivity contribution in [1.82, 2.24) is 5.06 Å². The minimum Gasteiger partial charge on any atom is -0.285 e. The van der Waals surface area contributed by atoms with E-state index in [0.717, 1.165) is 0 Å². The molecule has 16 heavy (non-hydrogen) atoms. The van der Waals surface area contributed by atoms with E-state index in [9.17, 15) is 18.0 Å². The van der Waals surface area contributed by atoms with E-state index in [4.69, 9.17) is 9.39 Å². The Kier molecular flexibility index (Phi) is 3.10. The van der Waals surface area contributed by atoms with Gasteiger partial charge in [0.15, 0.2) is 5.25 Å². The average molecular weight is 251 g/mol. The molecule has 1 fully saturated rings. The van der Waals surface area contributed by atoms with Crippen LogP contribution in [0, 0.1) is 0 Å². The Morgan fingerprint density at radius 3 is 2.19 bits per heavy atom. The lowest BCUT2D eigenvalue weighted by molar-refractivity contribution is -0.218. The van der Waals surface area contributed by atoms with Gasteiger partial charge in [-0.3, -0.25) is 19.0 Å². The van der Waals surface area contributed by atoms with Gasteiger partial charge >= 0.3 is 0 Å². The monoisotopic (exact) mass is 251 g/mol. The van der Waals surface area contributed by atoms with Crippen molar-refractivity contribution < 1.29 is 27.4 Å². The summed E-state index contributed by atoms with van der Waals surface area (Å²) in [6, 6.07) is 0. The van der Waals surface area contributed by atoms with E-state index < -0.39 is 39.2 Å². The van der Waals surface area contributed by atoms with Crippen LogP contribution < -0.4 is 0 Å². The normalized spacial score (nSPS) is 23.0. The van der Waals surface area contributed by atoms with Gasteiger partial charge in [0.1, 0.15) is 0 Å². The molecule has 7 nitrogen and oxygen atoms in total. The molecule has 0 spiro atoms. The predicted octanol–water partition coefficient (Wildman–Crippen LogP) is -0.268. The first-order valence-electron chi connectivity index (χ1n) is 4.54. The Hall–Kier alpha value is -0.990. The molecule has 0 saturated carbocycles. The maximum atomic E-state index is 11.5. The van der Waals surface area contributed by atoms with Gasteiger partial charge in [0, 0.05) is 0 Å². The van der Waals surface area contributed by atoms with Crippen LogP contribution in [0.5, 0.6) is 0 Å². The summed E-state index contributed by atoms with van der Waals surface area (Å²) < 4.78 is 30.3. The van der Waals surface area contributed by atoms with Gasteiger partial charge in [-0.05, 0) is 20.8 Å². The van der Waals surface area contributed by atoms with Crippen LogP contribution in [-0.2, 0) is 24.5 Å². The maximum absolute atomic E-state index is 11.5. The summed E-state index contributed by atoms with van der Waals surface area (Å²) in [4.78, 5) is 27.8. The number of imide groups is 1. The number of hydroxylamine groups is 2. The van der Waals surface area contributed by atoms with Crippen LogP contribution in [0.4, 0.5) is 0 Å². The summed E-state index contributed by atoms with van der Waals surface area (Å²) in [6.07, 6.45) is -0.590. The van der Waals surface area contributed by atoms with Crippen molar-refractivity contribution in [3.63, 3.8) is 0 Å². The summed E-state index contributed by atoms with van der Waals surface area (Å²) in [6.45, 7) is 4.82. The van der Waals surface area contributed by atoms with Crippen molar-refractivity contribution in [1.29, 1.82) is 0 Å². The van der Waals surface area contributed by atoms with Crippen LogP contribution >= 0.6 is 0 Å². The fourth-order valence-electron chi connectivity index (χ4n) is 1.18. The first-order chi connectivity index (χ1) is 7.02. The molecule has 1 rings (SSSR count). The van der Waals surface area contributed by atoms with Crippen LogP contribution in [0.1, 0.15) is 27.2 Å². The highest BCUT2D eigenvalue weighted by Crippen LogP contribution is 2.22. The molecule has 0 radical (unpaired) electrons. The molecule has 1 N–H and O–H groups in total. The van der Waals surface area contributed by atoms with Crippen LogP contribution in [0.3, 0.4) is 0 Å². The van der Waals surface area contributed by atoms with E-state index >= 15 is 0 Å². The van der Waals surface area contributed by atoms with Crippen molar-refractivity contribution in [2.24, 2.45) is 0 Å². The van der Waals surface area contributed by atoms with E-state index in [1.165, 1.54) is 0 Å². The quantitative estimate of drug-likeness (QED) is 0.535. The molecule has 8 heteroatoms. The smallest absolute Gasteiger partial charge is 0.277 e. The van der Waals surface area contributed by atoms with Gasteiger partial charge < -0.3 is 0 Å². The molecule has 0 aromatic carbocycles. The SMILES string of the molecule is CC(C)(C)ON1C(=O)CC(S(=O)(=O)O)C1=O. The van der Waals surface area contributed by atoms with E-state index in [2.05, 4.69) is 0 Å². The Labute approximate surface area is 93.1 Å². The molecule has 92 valence electrons. The average Bonchev–Trinajstić information content (AvgIpc) is 2.28. The third kappa shape index (κ3) is 2.77. The summed E-state index contributed by atoms with van der Waals surface area (Å²) in [5, 5.41) is -1.35. The Bertz CT molecular complexity index is 420. The van der Waals surface area contributed by atoms with Gasteiger partial charge in [-0.15, -0.1) is 0 Å². The van der Waals surface area contributed by atoms with Crippen LogP contribution in [-0.4, -0.2) is 40.7 Å². The van der Waals surface area contributed by atoms with Crippen LogP contribution in [0.25, 0.3) is 0 Å². The lowest BCUT2D eigenvalue weighted by atomic mass is 10.2. The fourth-order valence-corrected chi connectivity index (χ4v) is 1.89. The van der Waals surface area contributed by atoms with Crippen LogP contribution in [0.2, 0.25) is 0 Å². The Morgan fingerprint density at radius 1 is 1.38 bits per heavy atom. The van der Waals surface area contributed by atoms with Gasteiger partial charge in [0.05, 0.1) is 12.0 Å². The first-order valence-corrected chi connectivity index (χ1v) is 6.05. The van der Waals surface area contributed by atoms with Crippen LogP contribution in [0.15, 0.2) is 0 Å². The van der Waals surface area contributed by atoms with Gasteiger partial charge in [0.25, 0.3) is 21.9 Å². The molecular formula is C8H13NO6S. The molecule has 0 bridgehead atoms. The number of rotatable bonds is 2. The highest BCUT2D eigenvalue weighted by atomic mass is 32.2. The molecule has 1 aliphatic rings. The number of nitrogens with zero attached hydrogens (tertiary/aromatic N) is 1. The molecule has 1 atom stereocenters. The minimum absolute atomic E-state index is 0.401. The summed E-state index contributed by atoms with van der Waals surface area (Å²) in [5.74, 6) is -1.83. The first kappa shape index (κ1) is 13.1. The second-order valence-corrected chi connectivity index (χ2v) is 6.04. The number of carbonyl (C=O) groups excluding carboxylic acids is 2. The lowest BCUT2D eigenvalue weighted by Crippen LogP contribution is -2.40. The standard InChI is InChI=1S/C8H13NO6S/c1-8(2,3)15-9-6(10)4-5(7(9)11)16(12,13)14/h5H,4H2,1-3H3,(H,12,13,14). The van der Waals surface area contributed by atoms with E-state index in [-0.39, 0.29) is 0 Å². The Morgan fingerprint density at radius 2 is 1.88 bits per heavy atom. The lowest BCUT2D eigenvalue weighted by Gasteiger charge is -2.24. The van der Waals surface area contributed by atoms with Gasteiger partial charge in [0.2, 0.25) is 0 Å². The molecule has 2 amide bonds. The maximum Gasteiger partial charge on any atom is 0.277 e. The zero-order chi connectivity index (χ0) is 12.7. The number of hydrogen-bond donors (Lipinski definition) is 1. The predicted molar refractivity (Wildman–Crippen MR) is 52.6 cm³/mol. The summed E-state index contributed by atoms with van der Waals surface area (Å²) in [7, 11) is -4.57. The van der Waals surface area contributed by atoms with Crippen molar-refractivity contribution >= 4 is 21.9 Å². The summed E-state index contributed by atoms with van der Waals surface area (Å²) in [5.41, 5.74) is -0.806. The van der Waals surface area contributed by atoms with Gasteiger partial charge in [-0.1, -0.05) is 0 Å². The van der Waals surface area contributed by atoms with Gasteiger partial charge in [-0.2, -0.15) is 13.5 Å². The molecule has 1 saturated heterocycles. The molecule has 0 aliphatic carbocycles. The van der Waals surface area contributed by atoms with E-state index in [1.54, 1.807) is 20.8 Å². The number of carbonyl (C=O) groups is 2. The molecule has 1 aliphatic heterocycles. The van der Waals surface area contributed by atoms with Crippen molar-refractivity contribution in [3.05, 3.63) is 0 Å². The molecule has 1 heterocycles. The molecular weight excluding hydrogens is 238 g/mol. The Balaban J connectivity index is 2.93. The summed E-state index contributed by atoms with van der Waals surface area (Å²) >= 11 is 0. The second-order valence-electron chi connectivity index (χ2n) is 4.44. The minimum atomic E-state index is -4.57. The van der Waals surface area contributed by atoms with E-state index in [1.807, 2.05) is 0 Å². The third-order valence-electron chi connectivity index (χ3n) is 1.79. The third-order valence-corrected chi connectivity index (χ3v) is 2.87. The number of hydrogen-bond acceptors (Lipinski definition) is 5. The van der Waals surface area contributed by atoms with Gasteiger partial charge in [-0.25, -0.2) is 0 Å². The largest absolute Gasteiger partial charge is 0.285 e. The molecule has 0 aromatic heterocycles. The van der Waals surface area contributed by atoms with Crippen molar-refractivity contribution in [2.75, 3.05) is 0 Å². The second kappa shape index (κ2) is 3.79. The van der Waals surface area contributed by atoms with E-state index in [0.29, 0.717) is 5.06 Å². The van der Waals surface area contributed by atoms with Crippen molar-refractivity contribution in [2.45, 2.75) is 38.0 Å². The zero-order valence-corrected chi connectivity index (χ0v) is 9.94. The van der Waals surface area contributed by atoms with Crippen molar-refractivity contribution in [3.8, 4) is 0 Å². The topological polar surface area (TPSA) is 101 Å². The molecule has 1 unspecified atom stereocenters. The highest BCUT2D eigenvalue weighted by Gasteiger charge is 2.48. The number of amides is 2. The highest BCUT2D eigenvalue weighted by molar-refractivity contribution is 7.87. The zero-order valence-electron chi connectivity index (χ0n) is 9.13. The molecule has 0 aromatic rings.